The van der Waals surface area contributed by atoms with Gasteiger partial charge in [0.15, 0.2) is 0 Å². The molecule has 0 aliphatic heterocycles. The number of aromatic nitrogens is 2. The Balaban J connectivity index is 1.57. The number of carbonyl (C=O) groups excluding carboxylic acids is 2. The van der Waals surface area contributed by atoms with Gasteiger partial charge in [0.1, 0.15) is 11.6 Å². The molecule has 162 valence electrons. The van der Waals surface area contributed by atoms with Crippen LogP contribution < -0.4 is 42.8 Å². The van der Waals surface area contributed by atoms with E-state index in [0.717, 1.165) is 11.6 Å². The van der Waals surface area contributed by atoms with Gasteiger partial charge in [0, 0.05) is 40.3 Å². The average Bonchev–Trinajstić information content (AvgIpc) is 2.73. The van der Waals surface area contributed by atoms with Crippen LogP contribution in [0.4, 0.5) is 32.6 Å². The lowest BCUT2D eigenvalue weighted by Crippen LogP contribution is -2.52. The molecule has 8 N–H and O–H groups in total. The van der Waals surface area contributed by atoms with Crippen LogP contribution in [0.1, 0.15) is 0 Å². The zero-order valence-corrected chi connectivity index (χ0v) is 17.1. The summed E-state index contributed by atoms with van der Waals surface area (Å²) < 4.78 is 0. The van der Waals surface area contributed by atoms with Gasteiger partial charge in [-0.3, -0.25) is 0 Å². The number of pyridine rings is 2. The van der Waals surface area contributed by atoms with Gasteiger partial charge in [0.25, 0.3) is 0 Å². The Kier molecular flexibility index (Phi) is 8.29. The topological polar surface area (TPSA) is 167 Å². The monoisotopic (exact) mass is 416 g/mol. The molecule has 0 unspecified atom stereocenters. The standard InChI is InChI=1S/C18H28N10O2/c1-27(15-5-3-13(19)11-23-15)9-7-21-17(29)25-26-18(30)22-8-10-28(2)16-6-4-14(20)12-24-16/h3-6,11-12H,7-10,19-20H2,1-2H3,(H2,21,25,29)(H2,22,26,30). The number of hydrazine groups is 1. The Morgan fingerprint density at radius 3 is 1.53 bits per heavy atom. The van der Waals surface area contributed by atoms with Crippen molar-refractivity contribution in [1.82, 2.24) is 31.5 Å². The largest absolute Gasteiger partial charge is 0.397 e. The fraction of sp³-hybridized carbons (Fsp3) is 0.333. The van der Waals surface area contributed by atoms with Gasteiger partial charge in [-0.15, -0.1) is 0 Å². The number of urea groups is 2. The number of nitrogens with zero attached hydrogens (tertiary/aromatic N) is 4. The smallest absolute Gasteiger partial charge is 0.333 e. The van der Waals surface area contributed by atoms with Crippen molar-refractivity contribution in [2.24, 2.45) is 0 Å². The van der Waals surface area contributed by atoms with Gasteiger partial charge in [0.05, 0.1) is 23.8 Å². The van der Waals surface area contributed by atoms with Gasteiger partial charge >= 0.3 is 12.1 Å². The molecule has 2 aromatic rings. The first-order valence-corrected chi connectivity index (χ1v) is 9.28. The molecule has 30 heavy (non-hydrogen) atoms. The summed E-state index contributed by atoms with van der Waals surface area (Å²) in [5.74, 6) is 1.48. The Hall–Kier alpha value is -3.96. The highest BCUT2D eigenvalue weighted by Gasteiger charge is 2.07. The first kappa shape index (κ1) is 22.3. The Morgan fingerprint density at radius 1 is 0.800 bits per heavy atom. The second-order valence-electron chi connectivity index (χ2n) is 6.50. The van der Waals surface area contributed by atoms with Gasteiger partial charge in [-0.05, 0) is 24.3 Å². The van der Waals surface area contributed by atoms with E-state index in [1.54, 1.807) is 36.7 Å². The third-order valence-corrected chi connectivity index (χ3v) is 4.08. The zero-order valence-electron chi connectivity index (χ0n) is 17.1. The molecule has 2 rings (SSSR count). The number of anilines is 4. The predicted molar refractivity (Wildman–Crippen MR) is 117 cm³/mol. The quantitative estimate of drug-likeness (QED) is 0.320. The minimum absolute atomic E-state index is 0.358. The van der Waals surface area contributed by atoms with Gasteiger partial charge in [-0.2, -0.15) is 0 Å². The zero-order chi connectivity index (χ0) is 21.9. The van der Waals surface area contributed by atoms with Crippen LogP contribution in [0.25, 0.3) is 0 Å². The van der Waals surface area contributed by atoms with Crippen molar-refractivity contribution < 1.29 is 9.59 Å². The molecule has 0 saturated heterocycles. The van der Waals surface area contributed by atoms with Crippen molar-refractivity contribution >= 4 is 35.1 Å². The van der Waals surface area contributed by atoms with Crippen LogP contribution in [0.3, 0.4) is 0 Å². The first-order chi connectivity index (χ1) is 14.3. The molecule has 2 aromatic heterocycles. The summed E-state index contributed by atoms with van der Waals surface area (Å²) in [4.78, 5) is 35.6. The van der Waals surface area contributed by atoms with E-state index >= 15 is 0 Å². The van der Waals surface area contributed by atoms with Gasteiger partial charge < -0.3 is 31.9 Å². The van der Waals surface area contributed by atoms with Crippen LogP contribution in [0, 0.1) is 0 Å². The number of likely N-dealkylation sites (N-methyl/N-ethyl adjacent to an activating group) is 2. The summed E-state index contributed by atoms with van der Waals surface area (Å²) in [7, 11) is 3.70. The van der Waals surface area contributed by atoms with Crippen molar-refractivity contribution in [3.8, 4) is 0 Å². The van der Waals surface area contributed by atoms with Crippen LogP contribution in [-0.2, 0) is 0 Å². The molecular weight excluding hydrogens is 388 g/mol. The SMILES string of the molecule is CN(CCNC(=O)NNC(=O)NCCN(C)c1ccc(N)cn1)c1ccc(N)cn1. The number of nitrogens with one attached hydrogen (secondary N) is 4. The minimum Gasteiger partial charge on any atom is -0.397 e. The molecule has 0 atom stereocenters. The number of amides is 4. The lowest BCUT2D eigenvalue weighted by atomic mass is 10.4. The summed E-state index contributed by atoms with van der Waals surface area (Å²) in [6.07, 6.45) is 3.14. The van der Waals surface area contributed by atoms with Crippen LogP contribution in [-0.4, -0.2) is 62.3 Å². The number of hydrogen-bond donors (Lipinski definition) is 6. The van der Waals surface area contributed by atoms with E-state index in [0.29, 0.717) is 37.6 Å². The first-order valence-electron chi connectivity index (χ1n) is 9.28. The Bertz CT molecular complexity index is 743. The van der Waals surface area contributed by atoms with Crippen molar-refractivity contribution in [3.05, 3.63) is 36.7 Å². The van der Waals surface area contributed by atoms with Crippen molar-refractivity contribution in [3.63, 3.8) is 0 Å². The lowest BCUT2D eigenvalue weighted by Gasteiger charge is -2.19. The second-order valence-corrected chi connectivity index (χ2v) is 6.50. The van der Waals surface area contributed by atoms with Gasteiger partial charge in [-0.1, -0.05) is 0 Å². The van der Waals surface area contributed by atoms with Crippen LogP contribution in [0.2, 0.25) is 0 Å². The molecule has 12 heteroatoms. The fourth-order valence-corrected chi connectivity index (χ4v) is 2.35. The molecule has 0 aromatic carbocycles. The number of carbonyl (C=O) groups is 2. The molecule has 12 nitrogen and oxygen atoms in total. The van der Waals surface area contributed by atoms with E-state index < -0.39 is 12.1 Å². The molecule has 0 aliphatic rings. The molecule has 0 fully saturated rings. The van der Waals surface area contributed by atoms with Crippen LogP contribution >= 0.6 is 0 Å². The molecule has 0 bridgehead atoms. The van der Waals surface area contributed by atoms with E-state index in [2.05, 4.69) is 31.5 Å². The Labute approximate surface area is 175 Å². The molecular formula is C18H28N10O2. The van der Waals surface area contributed by atoms with Crippen molar-refractivity contribution in [2.75, 3.05) is 61.5 Å². The summed E-state index contributed by atoms with van der Waals surface area (Å²) in [5, 5.41) is 5.27. The minimum atomic E-state index is -0.521. The predicted octanol–water partition coefficient (Wildman–Crippen LogP) is -0.273. The van der Waals surface area contributed by atoms with E-state index in [-0.39, 0.29) is 0 Å². The number of nitrogen functional groups attached to an aromatic ring is 2. The molecule has 0 saturated carbocycles. The third kappa shape index (κ3) is 7.58. The number of hydrogen-bond acceptors (Lipinski definition) is 8. The summed E-state index contributed by atoms with van der Waals surface area (Å²) in [6, 6.07) is 6.06. The highest BCUT2D eigenvalue weighted by Crippen LogP contribution is 2.10. The molecule has 0 radical (unpaired) electrons. The van der Waals surface area contributed by atoms with E-state index in [1.807, 2.05) is 23.9 Å². The van der Waals surface area contributed by atoms with E-state index in [9.17, 15) is 9.59 Å². The maximum atomic E-state index is 11.8. The summed E-state index contributed by atoms with van der Waals surface area (Å²) in [5.41, 5.74) is 16.9. The molecule has 0 aliphatic carbocycles. The third-order valence-electron chi connectivity index (χ3n) is 4.08. The molecule has 4 amide bonds. The van der Waals surface area contributed by atoms with Crippen molar-refractivity contribution in [2.45, 2.75) is 0 Å². The highest BCUT2D eigenvalue weighted by atomic mass is 16.2. The lowest BCUT2D eigenvalue weighted by molar-refractivity contribution is 0.224. The highest BCUT2D eigenvalue weighted by molar-refractivity contribution is 5.80. The Morgan fingerprint density at radius 2 is 1.20 bits per heavy atom. The van der Waals surface area contributed by atoms with E-state index in [1.165, 1.54) is 0 Å². The van der Waals surface area contributed by atoms with Crippen LogP contribution in [0.15, 0.2) is 36.7 Å². The molecule has 0 spiro atoms. The molecule has 2 heterocycles. The maximum Gasteiger partial charge on any atom is 0.333 e. The summed E-state index contributed by atoms with van der Waals surface area (Å²) in [6.45, 7) is 1.78. The second kappa shape index (κ2) is 11.1. The normalized spacial score (nSPS) is 10.1. The number of rotatable bonds is 8. The number of nitrogens with two attached hydrogens (primary N) is 2. The van der Waals surface area contributed by atoms with E-state index in [4.69, 9.17) is 11.5 Å². The van der Waals surface area contributed by atoms with Gasteiger partial charge in [0.2, 0.25) is 0 Å². The fourth-order valence-electron chi connectivity index (χ4n) is 2.35. The average molecular weight is 416 g/mol. The summed E-state index contributed by atoms with van der Waals surface area (Å²) >= 11 is 0. The maximum absolute atomic E-state index is 11.8. The van der Waals surface area contributed by atoms with Crippen molar-refractivity contribution in [1.29, 1.82) is 0 Å². The van der Waals surface area contributed by atoms with Gasteiger partial charge in [-0.25, -0.2) is 30.4 Å². The van der Waals surface area contributed by atoms with Crippen LogP contribution in [0.5, 0.6) is 0 Å².